The van der Waals surface area contributed by atoms with Gasteiger partial charge in [0.1, 0.15) is 0 Å². The average Bonchev–Trinajstić information content (AvgIpc) is 3.34. The van der Waals surface area contributed by atoms with Crippen molar-refractivity contribution in [3.63, 3.8) is 0 Å². The van der Waals surface area contributed by atoms with Crippen molar-refractivity contribution >= 4 is 11.7 Å². The molecule has 1 saturated heterocycles. The van der Waals surface area contributed by atoms with E-state index in [0.29, 0.717) is 17.9 Å². The Morgan fingerprint density at radius 3 is 2.84 bits per heavy atom. The third-order valence-electron chi connectivity index (χ3n) is 5.47. The highest BCUT2D eigenvalue weighted by Gasteiger charge is 2.35. The van der Waals surface area contributed by atoms with Gasteiger partial charge in [-0.2, -0.15) is 0 Å². The van der Waals surface area contributed by atoms with E-state index in [9.17, 15) is 4.79 Å². The van der Waals surface area contributed by atoms with Crippen LogP contribution in [0.4, 0.5) is 10.5 Å². The molecule has 132 valence electrons. The first-order chi connectivity index (χ1) is 12.3. The molecule has 6 heteroatoms. The van der Waals surface area contributed by atoms with Crippen LogP contribution in [0, 0.1) is 5.92 Å². The van der Waals surface area contributed by atoms with Crippen LogP contribution in [-0.2, 0) is 0 Å². The molecule has 4 rings (SSSR count). The van der Waals surface area contributed by atoms with E-state index < -0.39 is 0 Å². The molecule has 1 N–H and O–H groups in total. The molecule has 25 heavy (non-hydrogen) atoms. The molecule has 0 bridgehead atoms. The molecule has 1 unspecified atom stereocenters. The number of rotatable bonds is 3. The molecule has 0 spiro atoms. The van der Waals surface area contributed by atoms with Crippen LogP contribution in [0.2, 0.25) is 0 Å². The average molecular weight is 340 g/mol. The number of benzene rings is 1. The van der Waals surface area contributed by atoms with Gasteiger partial charge >= 0.3 is 6.03 Å². The van der Waals surface area contributed by atoms with E-state index in [-0.39, 0.29) is 6.03 Å². The first kappa shape index (κ1) is 16.1. The first-order valence-corrected chi connectivity index (χ1v) is 9.25. The number of carbonyl (C=O) groups is 1. The molecule has 2 aliphatic rings. The summed E-state index contributed by atoms with van der Waals surface area (Å²) in [6.45, 7) is 0.857. The van der Waals surface area contributed by atoms with Crippen LogP contribution >= 0.6 is 0 Å². The van der Waals surface area contributed by atoms with Gasteiger partial charge in [-0.05, 0) is 49.8 Å². The fourth-order valence-electron chi connectivity index (χ4n) is 4.28. The van der Waals surface area contributed by atoms with Gasteiger partial charge in [-0.15, -0.1) is 10.2 Å². The van der Waals surface area contributed by atoms with Gasteiger partial charge in [-0.1, -0.05) is 25.3 Å². The summed E-state index contributed by atoms with van der Waals surface area (Å²) < 4.78 is 5.23. The molecule has 1 aliphatic heterocycles. The molecule has 6 nitrogen and oxygen atoms in total. The number of hydrogen-bond donors (Lipinski definition) is 1. The third-order valence-corrected chi connectivity index (χ3v) is 5.47. The van der Waals surface area contributed by atoms with Gasteiger partial charge in [0, 0.05) is 23.8 Å². The molecule has 2 aromatic rings. The lowest BCUT2D eigenvalue weighted by molar-refractivity contribution is 0.166. The molecule has 1 saturated carbocycles. The zero-order chi connectivity index (χ0) is 17.1. The number of amides is 2. The minimum atomic E-state index is 0.00996. The lowest BCUT2D eigenvalue weighted by Crippen LogP contribution is -2.43. The molecular formula is C19H24N4O2. The van der Waals surface area contributed by atoms with Crippen LogP contribution in [0.25, 0.3) is 11.5 Å². The largest absolute Gasteiger partial charge is 0.423 e. The second kappa shape index (κ2) is 7.25. The van der Waals surface area contributed by atoms with Crippen molar-refractivity contribution in [3.05, 3.63) is 30.7 Å². The van der Waals surface area contributed by atoms with Gasteiger partial charge in [0.2, 0.25) is 12.3 Å². The van der Waals surface area contributed by atoms with Gasteiger partial charge in [0.15, 0.2) is 0 Å². The van der Waals surface area contributed by atoms with E-state index in [1.165, 1.54) is 38.5 Å². The van der Waals surface area contributed by atoms with E-state index in [1.807, 2.05) is 24.3 Å². The van der Waals surface area contributed by atoms with Crippen LogP contribution in [0.5, 0.6) is 0 Å². The monoisotopic (exact) mass is 340 g/mol. The molecule has 2 heterocycles. The quantitative estimate of drug-likeness (QED) is 0.903. The van der Waals surface area contributed by atoms with Crippen LogP contribution < -0.4 is 5.32 Å². The number of anilines is 1. The number of urea groups is 1. The number of hydrogen-bond acceptors (Lipinski definition) is 4. The van der Waals surface area contributed by atoms with Crippen molar-refractivity contribution in [2.75, 3.05) is 11.9 Å². The summed E-state index contributed by atoms with van der Waals surface area (Å²) in [7, 11) is 0. The molecule has 2 amide bonds. The number of nitrogens with zero attached hydrogens (tertiary/aromatic N) is 3. The Morgan fingerprint density at radius 2 is 2.04 bits per heavy atom. The Bertz CT molecular complexity index is 710. The van der Waals surface area contributed by atoms with Crippen molar-refractivity contribution < 1.29 is 9.21 Å². The van der Waals surface area contributed by atoms with Gasteiger partial charge in [-0.25, -0.2) is 4.79 Å². The summed E-state index contributed by atoms with van der Waals surface area (Å²) in [6, 6.07) is 7.96. The zero-order valence-electron chi connectivity index (χ0n) is 14.4. The maximum absolute atomic E-state index is 12.8. The summed E-state index contributed by atoms with van der Waals surface area (Å²) >= 11 is 0. The minimum Gasteiger partial charge on any atom is -0.423 e. The third kappa shape index (κ3) is 3.52. The van der Waals surface area contributed by atoms with Gasteiger partial charge in [0.25, 0.3) is 0 Å². The Morgan fingerprint density at radius 1 is 1.16 bits per heavy atom. The topological polar surface area (TPSA) is 71.3 Å². The van der Waals surface area contributed by atoms with Crippen molar-refractivity contribution in [2.24, 2.45) is 5.92 Å². The highest BCUT2D eigenvalue weighted by Crippen LogP contribution is 2.34. The Labute approximate surface area is 147 Å². The summed E-state index contributed by atoms with van der Waals surface area (Å²) in [4.78, 5) is 14.9. The zero-order valence-corrected chi connectivity index (χ0v) is 14.4. The SMILES string of the molecule is O=C(Nc1cccc(-c2nnco2)c1)N1CCCC1C1CCCCC1. The Hall–Kier alpha value is -2.37. The lowest BCUT2D eigenvalue weighted by Gasteiger charge is -2.34. The van der Waals surface area contributed by atoms with Crippen LogP contribution in [0.1, 0.15) is 44.9 Å². The molecule has 0 radical (unpaired) electrons. The normalized spacial score (nSPS) is 21.4. The molecule has 2 fully saturated rings. The maximum Gasteiger partial charge on any atom is 0.322 e. The van der Waals surface area contributed by atoms with Crippen LogP contribution in [-0.4, -0.2) is 33.7 Å². The Kier molecular flexibility index (Phi) is 4.68. The van der Waals surface area contributed by atoms with Gasteiger partial charge in [-0.3, -0.25) is 0 Å². The summed E-state index contributed by atoms with van der Waals surface area (Å²) in [6.07, 6.45) is 10.0. The highest BCUT2D eigenvalue weighted by molar-refractivity contribution is 5.90. The van der Waals surface area contributed by atoms with Crippen LogP contribution in [0.3, 0.4) is 0 Å². The standard InChI is InChI=1S/C19H24N4O2/c24-19(23-11-5-10-17(23)14-6-2-1-3-7-14)21-16-9-4-8-15(12-16)18-22-20-13-25-18/h4,8-9,12-14,17H,1-3,5-7,10-11H2,(H,21,24). The lowest BCUT2D eigenvalue weighted by atomic mass is 9.83. The molecule has 1 aliphatic carbocycles. The number of likely N-dealkylation sites (tertiary alicyclic amines) is 1. The predicted octanol–water partition coefficient (Wildman–Crippen LogP) is 4.31. The Balaban J connectivity index is 1.45. The fraction of sp³-hybridized carbons (Fsp3) is 0.526. The first-order valence-electron chi connectivity index (χ1n) is 9.25. The second-order valence-corrected chi connectivity index (χ2v) is 7.06. The van der Waals surface area contributed by atoms with E-state index >= 15 is 0 Å². The van der Waals surface area contributed by atoms with E-state index in [2.05, 4.69) is 20.4 Å². The van der Waals surface area contributed by atoms with E-state index in [4.69, 9.17) is 4.42 Å². The summed E-state index contributed by atoms with van der Waals surface area (Å²) in [5.41, 5.74) is 1.57. The number of nitrogens with one attached hydrogen (secondary N) is 1. The van der Waals surface area contributed by atoms with Crippen molar-refractivity contribution in [2.45, 2.75) is 51.0 Å². The molecule has 1 atom stereocenters. The van der Waals surface area contributed by atoms with Crippen molar-refractivity contribution in [1.29, 1.82) is 0 Å². The molecule has 1 aromatic carbocycles. The van der Waals surface area contributed by atoms with Crippen LogP contribution in [0.15, 0.2) is 35.1 Å². The van der Waals surface area contributed by atoms with Gasteiger partial charge in [0.05, 0.1) is 0 Å². The maximum atomic E-state index is 12.8. The summed E-state index contributed by atoms with van der Waals surface area (Å²) in [5.74, 6) is 1.13. The smallest absolute Gasteiger partial charge is 0.322 e. The minimum absolute atomic E-state index is 0.00996. The number of carbonyl (C=O) groups excluding carboxylic acids is 1. The fourth-order valence-corrected chi connectivity index (χ4v) is 4.28. The van der Waals surface area contributed by atoms with E-state index in [0.717, 1.165) is 30.6 Å². The second-order valence-electron chi connectivity index (χ2n) is 7.06. The summed E-state index contributed by atoms with van der Waals surface area (Å²) in [5, 5.41) is 10.7. The highest BCUT2D eigenvalue weighted by atomic mass is 16.4. The van der Waals surface area contributed by atoms with Crippen molar-refractivity contribution in [3.8, 4) is 11.5 Å². The van der Waals surface area contributed by atoms with E-state index in [1.54, 1.807) is 0 Å². The molecule has 1 aromatic heterocycles. The van der Waals surface area contributed by atoms with Gasteiger partial charge < -0.3 is 14.6 Å². The predicted molar refractivity (Wildman–Crippen MR) is 95.1 cm³/mol. The van der Waals surface area contributed by atoms with Crippen molar-refractivity contribution in [1.82, 2.24) is 15.1 Å². The molecular weight excluding hydrogens is 316 g/mol. The number of aromatic nitrogens is 2.